The van der Waals surface area contributed by atoms with Crippen LogP contribution in [-0.2, 0) is 14.3 Å². The molecule has 2 aromatic rings. The third-order valence-electron chi connectivity index (χ3n) is 3.39. The highest BCUT2D eigenvalue weighted by atomic mass is 19.2. The van der Waals surface area contributed by atoms with Crippen molar-refractivity contribution in [1.82, 2.24) is 0 Å². The lowest BCUT2D eigenvalue weighted by Crippen LogP contribution is -2.20. The average molecular weight is 377 g/mol. The molecule has 0 spiro atoms. The van der Waals surface area contributed by atoms with Crippen molar-refractivity contribution in [2.75, 3.05) is 26.1 Å². The summed E-state index contributed by atoms with van der Waals surface area (Å²) in [6.45, 7) is -0.581. The predicted octanol–water partition coefficient (Wildman–Crippen LogP) is 3.18. The third kappa shape index (κ3) is 5.81. The Morgan fingerprint density at radius 2 is 1.81 bits per heavy atom. The Hall–Kier alpha value is -3.42. The van der Waals surface area contributed by atoms with Crippen LogP contribution in [0.5, 0.6) is 11.5 Å². The van der Waals surface area contributed by atoms with Gasteiger partial charge in [-0.1, -0.05) is 0 Å². The van der Waals surface area contributed by atoms with Gasteiger partial charge in [0.2, 0.25) is 0 Å². The fourth-order valence-electron chi connectivity index (χ4n) is 2.07. The fourth-order valence-corrected chi connectivity index (χ4v) is 2.07. The SMILES string of the molecule is COc1ccc(/C=C/C(=O)OCC(=O)Nc2ccc(F)c(F)c2)c(OC)c1. The molecule has 1 amide bonds. The monoisotopic (exact) mass is 377 g/mol. The van der Waals surface area contributed by atoms with Crippen molar-refractivity contribution in [1.29, 1.82) is 0 Å². The summed E-state index contributed by atoms with van der Waals surface area (Å²) in [5.74, 6) is -2.48. The van der Waals surface area contributed by atoms with Crippen LogP contribution in [-0.4, -0.2) is 32.7 Å². The number of halogens is 2. The van der Waals surface area contributed by atoms with Gasteiger partial charge < -0.3 is 19.5 Å². The lowest BCUT2D eigenvalue weighted by Gasteiger charge is -2.07. The first-order valence-electron chi connectivity index (χ1n) is 7.74. The van der Waals surface area contributed by atoms with Gasteiger partial charge in [0.05, 0.1) is 14.2 Å². The van der Waals surface area contributed by atoms with Crippen LogP contribution in [0.4, 0.5) is 14.5 Å². The first-order chi connectivity index (χ1) is 12.9. The van der Waals surface area contributed by atoms with Gasteiger partial charge in [-0.2, -0.15) is 0 Å². The van der Waals surface area contributed by atoms with E-state index in [9.17, 15) is 18.4 Å². The van der Waals surface area contributed by atoms with Crippen molar-refractivity contribution >= 4 is 23.6 Å². The van der Waals surface area contributed by atoms with Crippen LogP contribution in [0.15, 0.2) is 42.5 Å². The highest BCUT2D eigenvalue weighted by Gasteiger charge is 2.09. The number of ether oxygens (including phenoxy) is 3. The Bertz CT molecular complexity index is 867. The van der Waals surface area contributed by atoms with Crippen LogP contribution in [0.25, 0.3) is 6.08 Å². The molecule has 0 aliphatic heterocycles. The fraction of sp³-hybridized carbons (Fsp3) is 0.158. The van der Waals surface area contributed by atoms with E-state index in [-0.39, 0.29) is 5.69 Å². The summed E-state index contributed by atoms with van der Waals surface area (Å²) in [7, 11) is 3.00. The number of amides is 1. The molecule has 2 rings (SSSR count). The summed E-state index contributed by atoms with van der Waals surface area (Å²) in [5, 5.41) is 2.29. The van der Waals surface area contributed by atoms with Gasteiger partial charge in [-0.05, 0) is 30.3 Å². The minimum Gasteiger partial charge on any atom is -0.497 e. The van der Waals surface area contributed by atoms with Crippen LogP contribution in [0.2, 0.25) is 0 Å². The molecule has 0 heterocycles. The minimum absolute atomic E-state index is 0.0495. The van der Waals surface area contributed by atoms with Crippen LogP contribution in [0.3, 0.4) is 0 Å². The first kappa shape index (κ1) is 19.9. The zero-order valence-corrected chi connectivity index (χ0v) is 14.6. The number of hydrogen-bond acceptors (Lipinski definition) is 5. The van der Waals surface area contributed by atoms with Crippen LogP contribution in [0, 0.1) is 11.6 Å². The second kappa shape index (κ2) is 9.33. The molecule has 0 fully saturated rings. The van der Waals surface area contributed by atoms with Gasteiger partial charge in [-0.15, -0.1) is 0 Å². The molecule has 0 saturated heterocycles. The van der Waals surface area contributed by atoms with E-state index in [0.29, 0.717) is 17.1 Å². The minimum atomic E-state index is -1.10. The summed E-state index contributed by atoms with van der Waals surface area (Å²) >= 11 is 0. The molecule has 0 aromatic heterocycles. The maximum Gasteiger partial charge on any atom is 0.331 e. The molecule has 0 bridgehead atoms. The van der Waals surface area contributed by atoms with E-state index in [0.717, 1.165) is 18.2 Å². The molecule has 0 aliphatic carbocycles. The molecule has 0 radical (unpaired) electrons. The van der Waals surface area contributed by atoms with Gasteiger partial charge in [0, 0.05) is 29.5 Å². The summed E-state index contributed by atoms with van der Waals surface area (Å²) in [5.41, 5.74) is 0.662. The second-order valence-electron chi connectivity index (χ2n) is 5.23. The smallest absolute Gasteiger partial charge is 0.331 e. The first-order valence-corrected chi connectivity index (χ1v) is 7.74. The molecule has 0 unspecified atom stereocenters. The maximum atomic E-state index is 13.1. The Morgan fingerprint density at radius 1 is 1.04 bits per heavy atom. The number of hydrogen-bond donors (Lipinski definition) is 1. The van der Waals surface area contributed by atoms with Gasteiger partial charge >= 0.3 is 5.97 Å². The zero-order valence-electron chi connectivity index (χ0n) is 14.6. The zero-order chi connectivity index (χ0) is 19.8. The molecular formula is C19H17F2NO5. The number of methoxy groups -OCH3 is 2. The Kier molecular flexibility index (Phi) is 6.87. The number of nitrogens with one attached hydrogen (secondary N) is 1. The largest absolute Gasteiger partial charge is 0.497 e. The Labute approximate surface area is 154 Å². The maximum absolute atomic E-state index is 13.1. The van der Waals surface area contributed by atoms with E-state index >= 15 is 0 Å². The van der Waals surface area contributed by atoms with E-state index in [1.807, 2.05) is 0 Å². The molecule has 6 nitrogen and oxygen atoms in total. The molecule has 0 saturated carbocycles. The van der Waals surface area contributed by atoms with E-state index in [2.05, 4.69) is 5.32 Å². The average Bonchev–Trinajstić information content (AvgIpc) is 2.67. The van der Waals surface area contributed by atoms with E-state index in [1.54, 1.807) is 18.2 Å². The summed E-state index contributed by atoms with van der Waals surface area (Å²) in [4.78, 5) is 23.4. The normalized spacial score (nSPS) is 10.5. The Balaban J connectivity index is 1.89. The third-order valence-corrected chi connectivity index (χ3v) is 3.39. The molecule has 27 heavy (non-hydrogen) atoms. The Morgan fingerprint density at radius 3 is 2.48 bits per heavy atom. The highest BCUT2D eigenvalue weighted by molar-refractivity contribution is 5.94. The molecule has 1 N–H and O–H groups in total. The van der Waals surface area contributed by atoms with Gasteiger partial charge in [0.25, 0.3) is 5.91 Å². The molecule has 0 atom stereocenters. The van der Waals surface area contributed by atoms with Crippen molar-refractivity contribution in [3.05, 3.63) is 59.7 Å². The van der Waals surface area contributed by atoms with Gasteiger partial charge in [-0.25, -0.2) is 13.6 Å². The van der Waals surface area contributed by atoms with E-state index in [1.165, 1.54) is 26.4 Å². The lowest BCUT2D eigenvalue weighted by atomic mass is 10.2. The summed E-state index contributed by atoms with van der Waals surface area (Å²) in [6, 6.07) is 7.93. The standard InChI is InChI=1S/C19H17F2NO5/c1-25-14-6-3-12(17(10-14)26-2)4-8-19(24)27-11-18(23)22-13-5-7-15(20)16(21)9-13/h3-10H,11H2,1-2H3,(H,22,23)/b8-4+. The quantitative estimate of drug-likeness (QED) is 0.593. The number of rotatable bonds is 7. The number of carbonyl (C=O) groups is 2. The van der Waals surface area contributed by atoms with Crippen LogP contribution >= 0.6 is 0 Å². The number of anilines is 1. The molecule has 142 valence electrons. The highest BCUT2D eigenvalue weighted by Crippen LogP contribution is 2.25. The second-order valence-corrected chi connectivity index (χ2v) is 5.23. The predicted molar refractivity (Wildman–Crippen MR) is 94.5 cm³/mol. The van der Waals surface area contributed by atoms with Crippen LogP contribution < -0.4 is 14.8 Å². The van der Waals surface area contributed by atoms with Crippen molar-refractivity contribution in [2.45, 2.75) is 0 Å². The van der Waals surface area contributed by atoms with Gasteiger partial charge in [0.1, 0.15) is 11.5 Å². The topological polar surface area (TPSA) is 73.9 Å². The summed E-state index contributed by atoms with van der Waals surface area (Å²) < 4.78 is 41.0. The molecule has 8 heteroatoms. The lowest BCUT2D eigenvalue weighted by molar-refractivity contribution is -0.142. The number of esters is 1. The van der Waals surface area contributed by atoms with Crippen molar-refractivity contribution < 1.29 is 32.6 Å². The van der Waals surface area contributed by atoms with Gasteiger partial charge in [-0.3, -0.25) is 4.79 Å². The van der Waals surface area contributed by atoms with E-state index in [4.69, 9.17) is 14.2 Å². The molecule has 0 aliphatic rings. The van der Waals surface area contributed by atoms with Crippen LogP contribution in [0.1, 0.15) is 5.56 Å². The van der Waals surface area contributed by atoms with Crippen molar-refractivity contribution in [2.24, 2.45) is 0 Å². The molecular weight excluding hydrogens is 360 g/mol. The van der Waals surface area contributed by atoms with Gasteiger partial charge in [0.15, 0.2) is 18.2 Å². The number of carbonyl (C=O) groups excluding carboxylic acids is 2. The summed E-state index contributed by atoms with van der Waals surface area (Å²) in [6.07, 6.45) is 2.60. The van der Waals surface area contributed by atoms with E-state index < -0.39 is 30.1 Å². The van der Waals surface area contributed by atoms with Crippen molar-refractivity contribution in [3.63, 3.8) is 0 Å². The van der Waals surface area contributed by atoms with Crippen molar-refractivity contribution in [3.8, 4) is 11.5 Å². The molecule has 2 aromatic carbocycles. The number of benzene rings is 2.